The molecule has 0 saturated carbocycles. The molecule has 1 aromatic carbocycles. The molecule has 0 saturated heterocycles. The molecule has 0 bridgehead atoms. The Morgan fingerprint density at radius 2 is 2.05 bits per heavy atom. The van der Waals surface area contributed by atoms with Crippen molar-refractivity contribution in [2.45, 2.75) is 19.4 Å². The molecule has 0 fully saturated rings. The summed E-state index contributed by atoms with van der Waals surface area (Å²) in [4.78, 5) is 6.34. The van der Waals surface area contributed by atoms with Crippen LogP contribution >= 0.6 is 0 Å². The molecule has 1 heterocycles. The van der Waals surface area contributed by atoms with Gasteiger partial charge in [-0.05, 0) is 30.7 Å². The van der Waals surface area contributed by atoms with Crippen LogP contribution in [-0.2, 0) is 0 Å². The maximum Gasteiger partial charge on any atom is 0.120 e. The molecule has 0 aliphatic rings. The van der Waals surface area contributed by atoms with Gasteiger partial charge in [-0.2, -0.15) is 0 Å². The van der Waals surface area contributed by atoms with Crippen LogP contribution in [0.4, 0.5) is 11.4 Å². The van der Waals surface area contributed by atoms with E-state index in [0.717, 1.165) is 17.1 Å². The molecule has 0 unspecified atom stereocenters. The Balaban J connectivity index is 2.22. The van der Waals surface area contributed by atoms with Crippen LogP contribution in [0.2, 0.25) is 0 Å². The monoisotopic (exact) mass is 272 g/mol. The van der Waals surface area contributed by atoms with Crippen molar-refractivity contribution in [3.63, 3.8) is 0 Å². The molecule has 1 N–H and O–H groups in total. The predicted octanol–water partition coefficient (Wildman–Crippen LogP) is 3.30. The van der Waals surface area contributed by atoms with Crippen molar-refractivity contribution < 1.29 is 9.84 Å². The van der Waals surface area contributed by atoms with Crippen LogP contribution in [0.3, 0.4) is 0 Å². The van der Waals surface area contributed by atoms with E-state index in [9.17, 15) is 5.11 Å². The summed E-state index contributed by atoms with van der Waals surface area (Å²) < 4.78 is 5.23. The van der Waals surface area contributed by atoms with Crippen molar-refractivity contribution in [1.29, 1.82) is 0 Å². The van der Waals surface area contributed by atoms with Gasteiger partial charge in [0.05, 0.1) is 30.8 Å². The minimum atomic E-state index is -0.494. The van der Waals surface area contributed by atoms with Crippen LogP contribution in [0.5, 0.6) is 5.75 Å². The van der Waals surface area contributed by atoms with E-state index in [4.69, 9.17) is 4.74 Å². The number of benzene rings is 1. The number of anilines is 2. The highest BCUT2D eigenvalue weighted by Gasteiger charge is 2.09. The van der Waals surface area contributed by atoms with Crippen LogP contribution in [0.15, 0.2) is 42.6 Å². The van der Waals surface area contributed by atoms with Gasteiger partial charge in [0, 0.05) is 18.8 Å². The second-order valence-electron chi connectivity index (χ2n) is 4.63. The lowest BCUT2D eigenvalue weighted by molar-refractivity contribution is 0.169. The van der Waals surface area contributed by atoms with Gasteiger partial charge in [0.25, 0.3) is 0 Å². The first-order valence-corrected chi connectivity index (χ1v) is 6.67. The summed E-state index contributed by atoms with van der Waals surface area (Å²) in [6.07, 6.45) is 1.94. The van der Waals surface area contributed by atoms with Crippen LogP contribution in [-0.4, -0.2) is 24.2 Å². The predicted molar refractivity (Wildman–Crippen MR) is 80.5 cm³/mol. The van der Waals surface area contributed by atoms with Gasteiger partial charge in [-0.3, -0.25) is 4.98 Å². The summed E-state index contributed by atoms with van der Waals surface area (Å²) in [5.74, 6) is 0.820. The van der Waals surface area contributed by atoms with Gasteiger partial charge in [-0.1, -0.05) is 13.0 Å². The lowest BCUT2D eigenvalue weighted by Crippen LogP contribution is -2.10. The zero-order valence-corrected chi connectivity index (χ0v) is 12.1. The fourth-order valence-electron chi connectivity index (χ4n) is 1.97. The Morgan fingerprint density at radius 1 is 1.25 bits per heavy atom. The highest BCUT2D eigenvalue weighted by atomic mass is 16.5. The molecular weight excluding hydrogens is 252 g/mol. The zero-order valence-electron chi connectivity index (χ0n) is 12.1. The van der Waals surface area contributed by atoms with Crippen molar-refractivity contribution in [2.24, 2.45) is 0 Å². The standard InChI is InChI=1S/C16H20N2O2/c1-4-16(19)15-9-8-13(11-17-15)18(2)12-6-5-7-14(10-12)20-3/h5-11,16,19H,4H2,1-3H3/t16-/m0/s1. The average molecular weight is 272 g/mol. The lowest BCUT2D eigenvalue weighted by atomic mass is 10.2. The van der Waals surface area contributed by atoms with Crippen molar-refractivity contribution in [1.82, 2.24) is 4.98 Å². The first-order valence-electron chi connectivity index (χ1n) is 6.67. The Bertz CT molecular complexity index is 555. The smallest absolute Gasteiger partial charge is 0.120 e. The minimum Gasteiger partial charge on any atom is -0.497 e. The van der Waals surface area contributed by atoms with Gasteiger partial charge in [0.15, 0.2) is 0 Å². The molecule has 0 amide bonds. The third-order valence-corrected chi connectivity index (χ3v) is 3.33. The van der Waals surface area contributed by atoms with E-state index in [1.165, 1.54) is 0 Å². The lowest BCUT2D eigenvalue weighted by Gasteiger charge is -2.20. The second kappa shape index (κ2) is 6.39. The number of hydrogen-bond acceptors (Lipinski definition) is 4. The number of hydrogen-bond donors (Lipinski definition) is 1. The first kappa shape index (κ1) is 14.3. The number of aliphatic hydroxyl groups is 1. The number of methoxy groups -OCH3 is 1. The molecule has 106 valence electrons. The van der Waals surface area contributed by atoms with Gasteiger partial charge < -0.3 is 14.7 Å². The zero-order chi connectivity index (χ0) is 14.5. The van der Waals surface area contributed by atoms with Crippen LogP contribution in [0, 0.1) is 0 Å². The highest BCUT2D eigenvalue weighted by molar-refractivity contribution is 5.63. The number of aliphatic hydroxyl groups excluding tert-OH is 1. The van der Waals surface area contributed by atoms with E-state index in [-0.39, 0.29) is 0 Å². The van der Waals surface area contributed by atoms with E-state index in [0.29, 0.717) is 12.1 Å². The third-order valence-electron chi connectivity index (χ3n) is 3.33. The summed E-state index contributed by atoms with van der Waals surface area (Å²) >= 11 is 0. The summed E-state index contributed by atoms with van der Waals surface area (Å²) in [5, 5.41) is 9.75. The molecule has 0 aliphatic carbocycles. The molecule has 1 atom stereocenters. The molecule has 4 heteroatoms. The van der Waals surface area contributed by atoms with E-state index in [1.54, 1.807) is 13.3 Å². The highest BCUT2D eigenvalue weighted by Crippen LogP contribution is 2.27. The minimum absolute atomic E-state index is 0.494. The van der Waals surface area contributed by atoms with Crippen molar-refractivity contribution >= 4 is 11.4 Å². The number of rotatable bonds is 5. The fourth-order valence-corrected chi connectivity index (χ4v) is 1.97. The molecule has 0 spiro atoms. The summed E-state index contributed by atoms with van der Waals surface area (Å²) in [7, 11) is 3.63. The van der Waals surface area contributed by atoms with E-state index in [2.05, 4.69) is 4.98 Å². The topological polar surface area (TPSA) is 45.6 Å². The maximum absolute atomic E-state index is 9.75. The molecule has 2 aromatic rings. The van der Waals surface area contributed by atoms with E-state index in [1.807, 2.05) is 55.3 Å². The maximum atomic E-state index is 9.75. The third kappa shape index (κ3) is 3.08. The molecule has 0 radical (unpaired) electrons. The molecule has 4 nitrogen and oxygen atoms in total. The summed E-state index contributed by atoms with van der Waals surface area (Å²) in [6, 6.07) is 11.7. The number of aromatic nitrogens is 1. The normalized spacial score (nSPS) is 12.0. The SMILES string of the molecule is CC[C@H](O)c1ccc(N(C)c2cccc(OC)c2)cn1. The van der Waals surface area contributed by atoms with E-state index < -0.39 is 6.10 Å². The average Bonchev–Trinajstić information content (AvgIpc) is 2.53. The van der Waals surface area contributed by atoms with Gasteiger partial charge in [0.1, 0.15) is 5.75 Å². The van der Waals surface area contributed by atoms with Crippen molar-refractivity contribution in [3.8, 4) is 5.75 Å². The Kier molecular flexibility index (Phi) is 4.58. The van der Waals surface area contributed by atoms with Gasteiger partial charge in [-0.15, -0.1) is 0 Å². The van der Waals surface area contributed by atoms with Crippen LogP contribution in [0.1, 0.15) is 25.1 Å². The molecule has 0 aliphatic heterocycles. The molecular formula is C16H20N2O2. The van der Waals surface area contributed by atoms with Gasteiger partial charge >= 0.3 is 0 Å². The quantitative estimate of drug-likeness (QED) is 0.907. The fraction of sp³-hybridized carbons (Fsp3) is 0.312. The Labute approximate surface area is 119 Å². The van der Waals surface area contributed by atoms with Crippen molar-refractivity contribution in [2.75, 3.05) is 19.1 Å². The number of nitrogens with zero attached hydrogens (tertiary/aromatic N) is 2. The number of pyridine rings is 1. The van der Waals surface area contributed by atoms with Crippen LogP contribution in [0.25, 0.3) is 0 Å². The van der Waals surface area contributed by atoms with Crippen molar-refractivity contribution in [3.05, 3.63) is 48.3 Å². The molecule has 20 heavy (non-hydrogen) atoms. The second-order valence-corrected chi connectivity index (χ2v) is 4.63. The first-order chi connectivity index (χ1) is 9.65. The summed E-state index contributed by atoms with van der Waals surface area (Å²) in [5.41, 5.74) is 2.69. The largest absolute Gasteiger partial charge is 0.497 e. The molecule has 1 aromatic heterocycles. The number of ether oxygens (including phenoxy) is 1. The van der Waals surface area contributed by atoms with Gasteiger partial charge in [-0.25, -0.2) is 0 Å². The Hall–Kier alpha value is -2.07. The molecule has 2 rings (SSSR count). The Morgan fingerprint density at radius 3 is 2.65 bits per heavy atom. The van der Waals surface area contributed by atoms with Crippen LogP contribution < -0.4 is 9.64 Å². The summed E-state index contributed by atoms with van der Waals surface area (Å²) in [6.45, 7) is 1.93. The van der Waals surface area contributed by atoms with E-state index >= 15 is 0 Å². The van der Waals surface area contributed by atoms with Gasteiger partial charge in [0.2, 0.25) is 0 Å².